The van der Waals surface area contributed by atoms with E-state index in [2.05, 4.69) is 32.0 Å². The molecule has 2 aromatic carbocycles. The molecule has 0 saturated heterocycles. The summed E-state index contributed by atoms with van der Waals surface area (Å²) in [4.78, 5) is 0. The van der Waals surface area contributed by atoms with Gasteiger partial charge >= 0.3 is 0 Å². The SMILES string of the molecule is Cc1cccc(C)c1CC(N)c1ccc2c(c1)OCCO2. The largest absolute Gasteiger partial charge is 0.486 e. The van der Waals surface area contributed by atoms with Crippen LogP contribution in [0.1, 0.15) is 28.3 Å². The van der Waals surface area contributed by atoms with Crippen LogP contribution >= 0.6 is 0 Å². The third kappa shape index (κ3) is 2.88. The average Bonchev–Trinajstić information content (AvgIpc) is 2.50. The van der Waals surface area contributed by atoms with Crippen molar-refractivity contribution in [3.05, 3.63) is 58.7 Å². The summed E-state index contributed by atoms with van der Waals surface area (Å²) in [6.45, 7) is 5.49. The number of fused-ring (bicyclic) bond motifs is 1. The van der Waals surface area contributed by atoms with Crippen LogP contribution in [0.4, 0.5) is 0 Å². The summed E-state index contributed by atoms with van der Waals surface area (Å²) in [5.74, 6) is 1.61. The molecule has 1 heterocycles. The van der Waals surface area contributed by atoms with Crippen LogP contribution in [0.2, 0.25) is 0 Å². The van der Waals surface area contributed by atoms with Gasteiger partial charge in [0.05, 0.1) is 0 Å². The van der Waals surface area contributed by atoms with Crippen molar-refractivity contribution in [1.82, 2.24) is 0 Å². The molecule has 0 radical (unpaired) electrons. The van der Waals surface area contributed by atoms with Gasteiger partial charge in [0.15, 0.2) is 11.5 Å². The van der Waals surface area contributed by atoms with E-state index < -0.39 is 0 Å². The molecule has 3 rings (SSSR count). The molecule has 1 atom stereocenters. The van der Waals surface area contributed by atoms with Crippen molar-refractivity contribution in [3.63, 3.8) is 0 Å². The van der Waals surface area contributed by atoms with Crippen LogP contribution in [0.3, 0.4) is 0 Å². The highest BCUT2D eigenvalue weighted by molar-refractivity contribution is 5.45. The predicted molar refractivity (Wildman–Crippen MR) is 84.0 cm³/mol. The molecule has 0 aliphatic carbocycles. The molecule has 1 aliphatic heterocycles. The first-order valence-corrected chi connectivity index (χ1v) is 7.35. The Bertz CT molecular complexity index is 631. The van der Waals surface area contributed by atoms with Gasteiger partial charge in [-0.15, -0.1) is 0 Å². The van der Waals surface area contributed by atoms with Gasteiger partial charge < -0.3 is 15.2 Å². The van der Waals surface area contributed by atoms with E-state index in [1.165, 1.54) is 16.7 Å². The molecule has 0 spiro atoms. The summed E-state index contributed by atoms with van der Waals surface area (Å²) in [6, 6.07) is 12.3. The van der Waals surface area contributed by atoms with Crippen molar-refractivity contribution >= 4 is 0 Å². The highest BCUT2D eigenvalue weighted by Crippen LogP contribution is 2.33. The lowest BCUT2D eigenvalue weighted by Gasteiger charge is -2.21. The number of ether oxygens (including phenoxy) is 2. The molecule has 110 valence electrons. The minimum Gasteiger partial charge on any atom is -0.486 e. The Labute approximate surface area is 125 Å². The maximum Gasteiger partial charge on any atom is 0.161 e. The van der Waals surface area contributed by atoms with E-state index in [-0.39, 0.29) is 6.04 Å². The van der Waals surface area contributed by atoms with Gasteiger partial charge in [0, 0.05) is 6.04 Å². The van der Waals surface area contributed by atoms with Crippen molar-refractivity contribution in [1.29, 1.82) is 0 Å². The molecule has 0 fully saturated rings. The molecule has 0 saturated carbocycles. The zero-order chi connectivity index (χ0) is 14.8. The molecule has 21 heavy (non-hydrogen) atoms. The number of nitrogens with two attached hydrogens (primary N) is 1. The van der Waals surface area contributed by atoms with Crippen molar-refractivity contribution < 1.29 is 9.47 Å². The van der Waals surface area contributed by atoms with Crippen LogP contribution in [-0.2, 0) is 6.42 Å². The normalized spacial score (nSPS) is 14.8. The monoisotopic (exact) mass is 283 g/mol. The van der Waals surface area contributed by atoms with E-state index in [1.54, 1.807) is 0 Å². The van der Waals surface area contributed by atoms with Crippen molar-refractivity contribution in [2.24, 2.45) is 5.73 Å². The summed E-state index contributed by atoms with van der Waals surface area (Å²) in [5.41, 5.74) is 11.4. The Balaban J connectivity index is 1.84. The minimum absolute atomic E-state index is 0.0411. The second-order valence-electron chi connectivity index (χ2n) is 5.58. The van der Waals surface area contributed by atoms with E-state index in [0.29, 0.717) is 13.2 Å². The Morgan fingerprint density at radius 3 is 2.38 bits per heavy atom. The van der Waals surface area contributed by atoms with Crippen molar-refractivity contribution in [2.75, 3.05) is 13.2 Å². The molecule has 0 bridgehead atoms. The Hall–Kier alpha value is -2.00. The lowest BCUT2D eigenvalue weighted by molar-refractivity contribution is 0.171. The van der Waals surface area contributed by atoms with E-state index in [1.807, 2.05) is 18.2 Å². The summed E-state index contributed by atoms with van der Waals surface area (Å²) < 4.78 is 11.2. The van der Waals surface area contributed by atoms with Crippen LogP contribution in [0, 0.1) is 13.8 Å². The first-order valence-electron chi connectivity index (χ1n) is 7.35. The van der Waals surface area contributed by atoms with Gasteiger partial charge in [0.2, 0.25) is 0 Å². The first kappa shape index (κ1) is 14.0. The van der Waals surface area contributed by atoms with Crippen LogP contribution in [0.25, 0.3) is 0 Å². The van der Waals surface area contributed by atoms with Gasteiger partial charge in [-0.3, -0.25) is 0 Å². The Kier molecular flexibility index (Phi) is 3.84. The van der Waals surface area contributed by atoms with E-state index >= 15 is 0 Å². The molecule has 3 heteroatoms. The maximum atomic E-state index is 6.40. The maximum absolute atomic E-state index is 6.40. The fourth-order valence-electron chi connectivity index (χ4n) is 2.80. The third-order valence-electron chi connectivity index (χ3n) is 4.06. The zero-order valence-corrected chi connectivity index (χ0v) is 12.6. The highest BCUT2D eigenvalue weighted by Gasteiger charge is 2.16. The topological polar surface area (TPSA) is 44.5 Å². The van der Waals surface area contributed by atoms with E-state index in [4.69, 9.17) is 15.2 Å². The molecule has 0 aromatic heterocycles. The second-order valence-corrected chi connectivity index (χ2v) is 5.58. The van der Waals surface area contributed by atoms with Crippen molar-refractivity contribution in [2.45, 2.75) is 26.3 Å². The fraction of sp³-hybridized carbons (Fsp3) is 0.333. The number of rotatable bonds is 3. The molecule has 2 aromatic rings. The highest BCUT2D eigenvalue weighted by atomic mass is 16.6. The lowest BCUT2D eigenvalue weighted by Crippen LogP contribution is -2.18. The molecular formula is C18H21NO2. The third-order valence-corrected chi connectivity index (χ3v) is 4.06. The quantitative estimate of drug-likeness (QED) is 0.940. The van der Waals surface area contributed by atoms with Crippen molar-refractivity contribution in [3.8, 4) is 11.5 Å². The van der Waals surface area contributed by atoms with Gasteiger partial charge in [-0.25, -0.2) is 0 Å². The number of hydrogen-bond donors (Lipinski definition) is 1. The van der Waals surface area contributed by atoms with Gasteiger partial charge in [-0.1, -0.05) is 24.3 Å². The summed E-state index contributed by atoms with van der Waals surface area (Å²) >= 11 is 0. The fourth-order valence-corrected chi connectivity index (χ4v) is 2.80. The Morgan fingerprint density at radius 1 is 1.00 bits per heavy atom. The molecule has 1 aliphatic rings. The average molecular weight is 283 g/mol. The number of hydrogen-bond acceptors (Lipinski definition) is 3. The molecule has 3 nitrogen and oxygen atoms in total. The second kappa shape index (κ2) is 5.78. The summed E-state index contributed by atoms with van der Waals surface area (Å²) in [7, 11) is 0. The molecule has 1 unspecified atom stereocenters. The van der Waals surface area contributed by atoms with Crippen LogP contribution in [-0.4, -0.2) is 13.2 Å². The standard InChI is InChI=1S/C18H21NO2/c1-12-4-3-5-13(2)15(12)11-16(19)14-6-7-17-18(10-14)21-9-8-20-17/h3-7,10,16H,8-9,11,19H2,1-2H3. The predicted octanol–water partition coefficient (Wildman–Crippen LogP) is 3.32. The van der Waals surface area contributed by atoms with Gasteiger partial charge in [-0.05, 0) is 54.7 Å². The van der Waals surface area contributed by atoms with Crippen LogP contribution in [0.15, 0.2) is 36.4 Å². The van der Waals surface area contributed by atoms with Gasteiger partial charge in [0.1, 0.15) is 13.2 Å². The molecular weight excluding hydrogens is 262 g/mol. The minimum atomic E-state index is -0.0411. The zero-order valence-electron chi connectivity index (χ0n) is 12.6. The van der Waals surface area contributed by atoms with Crippen LogP contribution < -0.4 is 15.2 Å². The first-order chi connectivity index (χ1) is 10.1. The summed E-state index contributed by atoms with van der Waals surface area (Å²) in [5, 5.41) is 0. The lowest BCUT2D eigenvalue weighted by atomic mass is 9.93. The molecule has 2 N–H and O–H groups in total. The smallest absolute Gasteiger partial charge is 0.161 e. The van der Waals surface area contributed by atoms with Crippen LogP contribution in [0.5, 0.6) is 11.5 Å². The van der Waals surface area contributed by atoms with Gasteiger partial charge in [0.25, 0.3) is 0 Å². The molecule has 0 amide bonds. The van der Waals surface area contributed by atoms with E-state index in [0.717, 1.165) is 23.5 Å². The number of benzene rings is 2. The van der Waals surface area contributed by atoms with E-state index in [9.17, 15) is 0 Å². The summed E-state index contributed by atoms with van der Waals surface area (Å²) in [6.07, 6.45) is 0.831. The number of aryl methyl sites for hydroxylation is 2. The van der Waals surface area contributed by atoms with Gasteiger partial charge in [-0.2, -0.15) is 0 Å². The Morgan fingerprint density at radius 2 is 1.67 bits per heavy atom.